The first kappa shape index (κ1) is 22.9. The van der Waals surface area contributed by atoms with E-state index in [4.69, 9.17) is 5.73 Å². The van der Waals surface area contributed by atoms with E-state index < -0.39 is 10.0 Å². The fourth-order valence-electron chi connectivity index (χ4n) is 3.30. The number of sulfonamides is 1. The maximum atomic E-state index is 12.9. The van der Waals surface area contributed by atoms with E-state index in [1.54, 1.807) is 24.3 Å². The summed E-state index contributed by atoms with van der Waals surface area (Å²) in [5.74, 6) is 0.326. The van der Waals surface area contributed by atoms with Crippen molar-refractivity contribution in [3.05, 3.63) is 29.8 Å². The molecule has 3 atom stereocenters. The van der Waals surface area contributed by atoms with Crippen molar-refractivity contribution in [2.45, 2.75) is 43.5 Å². The Labute approximate surface area is 163 Å². The molecule has 0 bridgehead atoms. The fourth-order valence-corrected chi connectivity index (χ4v) is 4.20. The van der Waals surface area contributed by atoms with E-state index in [0.29, 0.717) is 12.5 Å². The molecule has 1 heterocycles. The highest BCUT2D eigenvalue weighted by atomic mass is 35.5. The van der Waals surface area contributed by atoms with Crippen molar-refractivity contribution in [3.63, 3.8) is 0 Å². The molecule has 3 unspecified atom stereocenters. The highest BCUT2D eigenvalue weighted by molar-refractivity contribution is 7.89. The fraction of sp³-hybridized carbons (Fsp3) is 0.611. The van der Waals surface area contributed by atoms with Gasteiger partial charge < -0.3 is 10.6 Å². The summed E-state index contributed by atoms with van der Waals surface area (Å²) in [5.41, 5.74) is 6.68. The molecule has 1 aliphatic rings. The molecular formula is C18H30ClN3O3S. The maximum absolute atomic E-state index is 12.9. The largest absolute Gasteiger partial charge is 0.338 e. The molecule has 0 aromatic heterocycles. The zero-order valence-electron chi connectivity index (χ0n) is 15.9. The van der Waals surface area contributed by atoms with Crippen molar-refractivity contribution in [2.24, 2.45) is 11.7 Å². The third-order valence-electron chi connectivity index (χ3n) is 5.06. The summed E-state index contributed by atoms with van der Waals surface area (Å²) < 4.78 is 25.5. The number of piperidine rings is 1. The molecule has 26 heavy (non-hydrogen) atoms. The lowest BCUT2D eigenvalue weighted by molar-refractivity contribution is -0.136. The second kappa shape index (κ2) is 9.17. The summed E-state index contributed by atoms with van der Waals surface area (Å²) in [6.45, 7) is 5.27. The number of nitrogens with zero attached hydrogens (tertiary/aromatic N) is 2. The van der Waals surface area contributed by atoms with Crippen LogP contribution in [0.15, 0.2) is 29.2 Å². The lowest BCUT2D eigenvalue weighted by atomic mass is 9.90. The third-order valence-corrected chi connectivity index (χ3v) is 6.89. The second-order valence-electron chi connectivity index (χ2n) is 7.13. The minimum atomic E-state index is -3.46. The molecule has 0 radical (unpaired) electrons. The lowest BCUT2D eigenvalue weighted by Crippen LogP contribution is -2.50. The first-order valence-electron chi connectivity index (χ1n) is 8.71. The minimum absolute atomic E-state index is 0. The second-order valence-corrected chi connectivity index (χ2v) is 9.28. The van der Waals surface area contributed by atoms with Crippen LogP contribution in [0.4, 0.5) is 0 Å². The van der Waals surface area contributed by atoms with Crippen molar-refractivity contribution in [3.8, 4) is 0 Å². The zero-order valence-corrected chi connectivity index (χ0v) is 17.5. The molecule has 2 N–H and O–H groups in total. The Morgan fingerprint density at radius 1 is 1.31 bits per heavy atom. The van der Waals surface area contributed by atoms with Crippen LogP contribution in [0.2, 0.25) is 0 Å². The van der Waals surface area contributed by atoms with Gasteiger partial charge in [-0.05, 0) is 43.4 Å². The first-order valence-corrected chi connectivity index (χ1v) is 10.2. The van der Waals surface area contributed by atoms with E-state index in [-0.39, 0.29) is 35.2 Å². The number of rotatable bonds is 5. The van der Waals surface area contributed by atoms with Gasteiger partial charge in [0.25, 0.3) is 0 Å². The number of hydrogen-bond donors (Lipinski definition) is 1. The van der Waals surface area contributed by atoms with Gasteiger partial charge in [-0.3, -0.25) is 4.79 Å². The first-order chi connectivity index (χ1) is 11.7. The number of carbonyl (C=O) groups excluding carboxylic acids is 1. The molecule has 0 saturated carbocycles. The molecule has 1 aromatic carbocycles. The summed E-state index contributed by atoms with van der Waals surface area (Å²) in [6, 6.07) is 6.67. The Morgan fingerprint density at radius 3 is 2.38 bits per heavy atom. The van der Waals surface area contributed by atoms with Crippen LogP contribution in [0.5, 0.6) is 0 Å². The quantitative estimate of drug-likeness (QED) is 0.815. The van der Waals surface area contributed by atoms with Gasteiger partial charge in [0.1, 0.15) is 0 Å². The van der Waals surface area contributed by atoms with E-state index in [1.165, 1.54) is 18.4 Å². The van der Waals surface area contributed by atoms with Gasteiger partial charge in [0.05, 0.1) is 10.8 Å². The summed E-state index contributed by atoms with van der Waals surface area (Å²) in [4.78, 5) is 15.0. The van der Waals surface area contributed by atoms with Gasteiger partial charge in [-0.2, -0.15) is 0 Å². The van der Waals surface area contributed by atoms with Gasteiger partial charge in [0, 0.05) is 33.2 Å². The maximum Gasteiger partial charge on any atom is 0.242 e. The summed E-state index contributed by atoms with van der Waals surface area (Å²) in [6.07, 6.45) is 1.93. The van der Waals surface area contributed by atoms with Crippen molar-refractivity contribution < 1.29 is 13.2 Å². The monoisotopic (exact) mass is 403 g/mol. The average Bonchev–Trinajstić information content (AvgIpc) is 2.60. The molecule has 8 heteroatoms. The molecule has 6 nitrogen and oxygen atoms in total. The van der Waals surface area contributed by atoms with Gasteiger partial charge in [-0.25, -0.2) is 12.7 Å². The van der Waals surface area contributed by atoms with Crippen LogP contribution in [0.25, 0.3) is 0 Å². The predicted octanol–water partition coefficient (Wildman–Crippen LogP) is 2.05. The van der Waals surface area contributed by atoms with Crippen molar-refractivity contribution in [1.29, 1.82) is 0 Å². The van der Waals surface area contributed by atoms with E-state index >= 15 is 0 Å². The van der Waals surface area contributed by atoms with Crippen LogP contribution in [0, 0.1) is 5.92 Å². The smallest absolute Gasteiger partial charge is 0.242 e. The van der Waals surface area contributed by atoms with E-state index in [2.05, 4.69) is 6.92 Å². The molecule has 1 aliphatic heterocycles. The Hall–Kier alpha value is -1.15. The molecule has 1 aromatic rings. The normalized spacial score (nSPS) is 22.0. The number of benzene rings is 1. The van der Waals surface area contributed by atoms with E-state index in [9.17, 15) is 13.2 Å². The standard InChI is InChI=1S/C18H29N3O3S.ClH/c1-13-9-10-21(16(11-13)12-19)18(22)14(2)15-5-7-17(8-6-15)25(23,24)20(3)4;/h5-8,13-14,16H,9-12,19H2,1-4H3;1H. The Bertz CT molecular complexity index is 707. The number of carbonyl (C=O) groups is 1. The van der Waals surface area contributed by atoms with Crippen molar-refractivity contribution in [2.75, 3.05) is 27.2 Å². The Balaban J connectivity index is 0.00000338. The molecule has 1 amide bonds. The lowest BCUT2D eigenvalue weighted by Gasteiger charge is -2.39. The number of nitrogens with two attached hydrogens (primary N) is 1. The molecule has 148 valence electrons. The summed E-state index contributed by atoms with van der Waals surface area (Å²) in [7, 11) is -0.458. The average molecular weight is 404 g/mol. The van der Waals surface area contributed by atoms with Gasteiger partial charge >= 0.3 is 0 Å². The Kier molecular flexibility index (Phi) is 8.07. The number of hydrogen-bond acceptors (Lipinski definition) is 4. The van der Waals surface area contributed by atoms with Gasteiger partial charge in [-0.1, -0.05) is 19.1 Å². The van der Waals surface area contributed by atoms with E-state index in [1.807, 2.05) is 11.8 Å². The minimum Gasteiger partial charge on any atom is -0.338 e. The van der Waals surface area contributed by atoms with E-state index in [0.717, 1.165) is 24.9 Å². The van der Waals surface area contributed by atoms with Crippen molar-refractivity contribution in [1.82, 2.24) is 9.21 Å². The van der Waals surface area contributed by atoms with Crippen LogP contribution in [0.3, 0.4) is 0 Å². The zero-order chi connectivity index (χ0) is 18.8. The molecule has 1 fully saturated rings. The Morgan fingerprint density at radius 2 is 1.88 bits per heavy atom. The SMILES string of the molecule is CC1CCN(C(=O)C(C)c2ccc(S(=O)(=O)N(C)C)cc2)C(CN)C1.Cl. The highest BCUT2D eigenvalue weighted by Crippen LogP contribution is 2.27. The molecule has 0 spiro atoms. The van der Waals surface area contributed by atoms with Crippen LogP contribution < -0.4 is 5.73 Å². The molecule has 1 saturated heterocycles. The predicted molar refractivity (Wildman–Crippen MR) is 106 cm³/mol. The molecule has 0 aliphatic carbocycles. The van der Waals surface area contributed by atoms with Crippen LogP contribution in [-0.4, -0.2) is 56.8 Å². The number of halogens is 1. The van der Waals surface area contributed by atoms with Gasteiger partial charge in [0.2, 0.25) is 15.9 Å². The number of likely N-dealkylation sites (tertiary alicyclic amines) is 1. The third kappa shape index (κ3) is 4.76. The molecule has 2 rings (SSSR count). The van der Waals surface area contributed by atoms with Gasteiger partial charge in [-0.15, -0.1) is 12.4 Å². The summed E-state index contributed by atoms with van der Waals surface area (Å²) >= 11 is 0. The van der Waals surface area contributed by atoms with Crippen LogP contribution in [-0.2, 0) is 14.8 Å². The highest BCUT2D eigenvalue weighted by Gasteiger charge is 2.32. The van der Waals surface area contributed by atoms with Crippen LogP contribution in [0.1, 0.15) is 38.2 Å². The van der Waals surface area contributed by atoms with Crippen molar-refractivity contribution >= 4 is 28.3 Å². The topological polar surface area (TPSA) is 83.7 Å². The molecular weight excluding hydrogens is 374 g/mol. The summed E-state index contributed by atoms with van der Waals surface area (Å²) in [5, 5.41) is 0. The van der Waals surface area contributed by atoms with Gasteiger partial charge in [0.15, 0.2) is 0 Å². The van der Waals surface area contributed by atoms with Crippen LogP contribution >= 0.6 is 12.4 Å². The number of amides is 1.